The first kappa shape index (κ1) is 16.8. The van der Waals surface area contributed by atoms with E-state index < -0.39 is 0 Å². The van der Waals surface area contributed by atoms with E-state index in [0.29, 0.717) is 22.2 Å². The van der Waals surface area contributed by atoms with Crippen LogP contribution in [0.25, 0.3) is 11.0 Å². The fourth-order valence-electron chi connectivity index (χ4n) is 3.04. The van der Waals surface area contributed by atoms with E-state index >= 15 is 0 Å². The van der Waals surface area contributed by atoms with E-state index in [1.165, 1.54) is 6.33 Å². The highest BCUT2D eigenvalue weighted by molar-refractivity contribution is 6.30. The number of rotatable bonds is 3. The van der Waals surface area contributed by atoms with Crippen molar-refractivity contribution in [1.82, 2.24) is 24.8 Å². The zero-order valence-corrected chi connectivity index (χ0v) is 15.1. The SMILES string of the molecule is CN1CCN(C(=O)c2cc3c(Nc4cccc(Cl)c4)ncnc3[nH]2)CC1. The highest BCUT2D eigenvalue weighted by atomic mass is 35.5. The molecule has 7 nitrogen and oxygen atoms in total. The van der Waals surface area contributed by atoms with Crippen LogP contribution in [0.5, 0.6) is 0 Å². The standard InChI is InChI=1S/C18H19ClN6O/c1-24-5-7-25(8-6-24)18(26)15-10-14-16(20-11-21-17(14)23-15)22-13-4-2-3-12(19)9-13/h2-4,9-11H,5-8H2,1H3,(H2,20,21,22,23). The van der Waals surface area contributed by atoms with E-state index in [2.05, 4.69) is 32.2 Å². The van der Waals surface area contributed by atoms with Gasteiger partial charge in [-0.25, -0.2) is 9.97 Å². The molecule has 1 aromatic carbocycles. The summed E-state index contributed by atoms with van der Waals surface area (Å²) in [6, 6.07) is 9.21. The molecule has 26 heavy (non-hydrogen) atoms. The number of nitrogens with zero attached hydrogens (tertiary/aromatic N) is 4. The quantitative estimate of drug-likeness (QED) is 0.741. The van der Waals surface area contributed by atoms with Crippen molar-refractivity contribution in [2.75, 3.05) is 38.5 Å². The predicted octanol–water partition coefficient (Wildman–Crippen LogP) is 2.74. The fraction of sp³-hybridized carbons (Fsp3) is 0.278. The molecule has 0 atom stereocenters. The molecule has 1 saturated heterocycles. The van der Waals surface area contributed by atoms with Gasteiger partial charge in [-0.05, 0) is 31.3 Å². The molecule has 1 amide bonds. The summed E-state index contributed by atoms with van der Waals surface area (Å²) in [4.78, 5) is 28.5. The summed E-state index contributed by atoms with van der Waals surface area (Å²) in [7, 11) is 2.06. The van der Waals surface area contributed by atoms with Gasteiger partial charge in [-0.3, -0.25) is 4.79 Å². The number of carbonyl (C=O) groups excluding carboxylic acids is 1. The molecule has 2 aromatic heterocycles. The van der Waals surface area contributed by atoms with Crippen LogP contribution in [0.4, 0.5) is 11.5 Å². The van der Waals surface area contributed by atoms with E-state index in [1.54, 1.807) is 0 Å². The molecular formula is C18H19ClN6O. The van der Waals surface area contributed by atoms with Gasteiger partial charge in [0.05, 0.1) is 5.39 Å². The van der Waals surface area contributed by atoms with Crippen molar-refractivity contribution in [2.45, 2.75) is 0 Å². The number of aromatic nitrogens is 3. The lowest BCUT2D eigenvalue weighted by Crippen LogP contribution is -2.47. The van der Waals surface area contributed by atoms with Crippen molar-refractivity contribution >= 4 is 40.0 Å². The number of hydrogen-bond acceptors (Lipinski definition) is 5. The summed E-state index contributed by atoms with van der Waals surface area (Å²) in [6.45, 7) is 3.22. The van der Waals surface area contributed by atoms with E-state index in [4.69, 9.17) is 11.6 Å². The Morgan fingerprint density at radius 1 is 1.19 bits per heavy atom. The van der Waals surface area contributed by atoms with Gasteiger partial charge in [0.25, 0.3) is 5.91 Å². The number of likely N-dealkylation sites (N-methyl/N-ethyl adjacent to an activating group) is 1. The molecule has 0 unspecified atom stereocenters. The Kier molecular flexibility index (Phi) is 4.48. The first-order valence-corrected chi connectivity index (χ1v) is 8.82. The maximum Gasteiger partial charge on any atom is 0.270 e. The molecule has 3 aromatic rings. The molecule has 1 aliphatic heterocycles. The Morgan fingerprint density at radius 2 is 2.00 bits per heavy atom. The number of anilines is 2. The molecule has 8 heteroatoms. The van der Waals surface area contributed by atoms with Crippen LogP contribution in [0.15, 0.2) is 36.7 Å². The summed E-state index contributed by atoms with van der Waals surface area (Å²) in [5, 5.41) is 4.65. The molecule has 3 heterocycles. The molecule has 0 bridgehead atoms. The number of piperazine rings is 1. The number of fused-ring (bicyclic) bond motifs is 1. The van der Waals surface area contributed by atoms with Gasteiger partial charge >= 0.3 is 0 Å². The third kappa shape index (κ3) is 3.36. The Labute approximate surface area is 156 Å². The highest BCUT2D eigenvalue weighted by Crippen LogP contribution is 2.25. The van der Waals surface area contributed by atoms with Crippen LogP contribution < -0.4 is 5.32 Å². The van der Waals surface area contributed by atoms with Crippen LogP contribution in [0.1, 0.15) is 10.5 Å². The first-order valence-electron chi connectivity index (χ1n) is 8.44. The number of benzene rings is 1. The minimum atomic E-state index is -0.00944. The van der Waals surface area contributed by atoms with Crippen molar-refractivity contribution < 1.29 is 4.79 Å². The van der Waals surface area contributed by atoms with Gasteiger partial charge < -0.3 is 20.1 Å². The lowest BCUT2D eigenvalue weighted by molar-refractivity contribution is 0.0659. The number of amides is 1. The topological polar surface area (TPSA) is 77.2 Å². The van der Waals surface area contributed by atoms with Crippen LogP contribution >= 0.6 is 11.6 Å². The number of aromatic amines is 1. The Hall–Kier alpha value is -2.64. The highest BCUT2D eigenvalue weighted by Gasteiger charge is 2.22. The first-order chi connectivity index (χ1) is 12.6. The van der Waals surface area contributed by atoms with Crippen molar-refractivity contribution in [2.24, 2.45) is 0 Å². The molecule has 4 rings (SSSR count). The van der Waals surface area contributed by atoms with Crippen LogP contribution in [-0.2, 0) is 0 Å². The second-order valence-corrected chi connectivity index (χ2v) is 6.83. The zero-order chi connectivity index (χ0) is 18.1. The summed E-state index contributed by atoms with van der Waals surface area (Å²) >= 11 is 6.04. The van der Waals surface area contributed by atoms with Gasteiger partial charge in [0.2, 0.25) is 0 Å². The minimum absolute atomic E-state index is 0.00944. The van der Waals surface area contributed by atoms with Crippen LogP contribution in [-0.4, -0.2) is 63.9 Å². The molecule has 0 saturated carbocycles. The average molecular weight is 371 g/mol. The molecule has 1 fully saturated rings. The lowest BCUT2D eigenvalue weighted by atomic mass is 10.2. The third-order valence-electron chi connectivity index (χ3n) is 4.53. The third-order valence-corrected chi connectivity index (χ3v) is 4.77. The van der Waals surface area contributed by atoms with Gasteiger partial charge in [-0.1, -0.05) is 17.7 Å². The van der Waals surface area contributed by atoms with Crippen LogP contribution in [0, 0.1) is 0 Å². The van der Waals surface area contributed by atoms with E-state index in [1.807, 2.05) is 35.2 Å². The predicted molar refractivity (Wildman–Crippen MR) is 102 cm³/mol. The maximum absolute atomic E-state index is 12.8. The molecule has 134 valence electrons. The Bertz CT molecular complexity index is 948. The summed E-state index contributed by atoms with van der Waals surface area (Å²) in [6.07, 6.45) is 1.47. The van der Waals surface area contributed by atoms with Crippen molar-refractivity contribution in [3.05, 3.63) is 47.4 Å². The van der Waals surface area contributed by atoms with Crippen molar-refractivity contribution in [3.8, 4) is 0 Å². The van der Waals surface area contributed by atoms with Crippen LogP contribution in [0.3, 0.4) is 0 Å². The number of nitrogens with one attached hydrogen (secondary N) is 2. The average Bonchev–Trinajstić information content (AvgIpc) is 3.07. The van der Waals surface area contributed by atoms with Gasteiger partial charge in [-0.2, -0.15) is 0 Å². The number of hydrogen-bond donors (Lipinski definition) is 2. The monoisotopic (exact) mass is 370 g/mol. The van der Waals surface area contributed by atoms with E-state index in [0.717, 1.165) is 37.3 Å². The molecule has 0 radical (unpaired) electrons. The van der Waals surface area contributed by atoms with E-state index in [-0.39, 0.29) is 5.91 Å². The normalized spacial score (nSPS) is 15.4. The van der Waals surface area contributed by atoms with Gasteiger partial charge in [0.15, 0.2) is 0 Å². The summed E-state index contributed by atoms with van der Waals surface area (Å²) < 4.78 is 0. The van der Waals surface area contributed by atoms with Gasteiger partial charge in [-0.15, -0.1) is 0 Å². The fourth-order valence-corrected chi connectivity index (χ4v) is 3.23. The second kappa shape index (κ2) is 6.93. The molecule has 0 spiro atoms. The van der Waals surface area contributed by atoms with Gasteiger partial charge in [0, 0.05) is 36.9 Å². The Balaban J connectivity index is 1.62. The van der Waals surface area contributed by atoms with E-state index in [9.17, 15) is 4.79 Å². The minimum Gasteiger partial charge on any atom is -0.340 e. The summed E-state index contributed by atoms with van der Waals surface area (Å²) in [5.74, 6) is 0.621. The summed E-state index contributed by atoms with van der Waals surface area (Å²) in [5.41, 5.74) is 1.98. The smallest absolute Gasteiger partial charge is 0.270 e. The van der Waals surface area contributed by atoms with Crippen LogP contribution in [0.2, 0.25) is 5.02 Å². The zero-order valence-electron chi connectivity index (χ0n) is 14.4. The lowest BCUT2D eigenvalue weighted by Gasteiger charge is -2.32. The largest absolute Gasteiger partial charge is 0.340 e. The van der Waals surface area contributed by atoms with Crippen molar-refractivity contribution in [3.63, 3.8) is 0 Å². The Morgan fingerprint density at radius 3 is 2.77 bits per heavy atom. The number of H-pyrrole nitrogens is 1. The second-order valence-electron chi connectivity index (χ2n) is 6.40. The maximum atomic E-state index is 12.8. The molecular weight excluding hydrogens is 352 g/mol. The van der Waals surface area contributed by atoms with Crippen molar-refractivity contribution in [1.29, 1.82) is 0 Å². The molecule has 2 N–H and O–H groups in total. The molecule has 1 aliphatic rings. The van der Waals surface area contributed by atoms with Gasteiger partial charge in [0.1, 0.15) is 23.5 Å². The number of halogens is 1. The molecule has 0 aliphatic carbocycles. The number of carbonyl (C=O) groups is 1.